The van der Waals surface area contributed by atoms with E-state index in [-0.39, 0.29) is 23.6 Å². The normalized spacial score (nSPS) is 14.5. The van der Waals surface area contributed by atoms with E-state index in [9.17, 15) is 9.59 Å². The lowest BCUT2D eigenvalue weighted by molar-refractivity contribution is -0.121. The Balaban J connectivity index is 1.37. The van der Waals surface area contributed by atoms with Gasteiger partial charge in [0.2, 0.25) is 11.7 Å². The van der Waals surface area contributed by atoms with Crippen LogP contribution in [-0.4, -0.2) is 49.6 Å². The van der Waals surface area contributed by atoms with Crippen molar-refractivity contribution in [3.8, 4) is 5.69 Å². The monoisotopic (exact) mass is 438 g/mol. The summed E-state index contributed by atoms with van der Waals surface area (Å²) in [6, 6.07) is 10.9. The molecule has 0 radical (unpaired) electrons. The fourth-order valence-corrected chi connectivity index (χ4v) is 3.69. The summed E-state index contributed by atoms with van der Waals surface area (Å²) in [4.78, 5) is 35.7. The van der Waals surface area contributed by atoms with Crippen molar-refractivity contribution < 1.29 is 9.59 Å². The van der Waals surface area contributed by atoms with E-state index in [1.807, 2.05) is 25.1 Å². The van der Waals surface area contributed by atoms with Gasteiger partial charge < -0.3 is 10.2 Å². The molecule has 8 nitrogen and oxygen atoms in total. The van der Waals surface area contributed by atoms with Crippen molar-refractivity contribution in [2.24, 2.45) is 5.92 Å². The predicted molar refractivity (Wildman–Crippen MR) is 117 cm³/mol. The molecule has 160 valence electrons. The Hall–Kier alpha value is -3.26. The minimum absolute atomic E-state index is 0.0653. The van der Waals surface area contributed by atoms with Crippen molar-refractivity contribution in [3.63, 3.8) is 0 Å². The van der Waals surface area contributed by atoms with E-state index in [0.717, 1.165) is 11.3 Å². The molecule has 1 aromatic carbocycles. The Labute approximate surface area is 185 Å². The number of aromatic nitrogens is 4. The third kappa shape index (κ3) is 4.74. The number of likely N-dealkylation sites (tertiary alicyclic amines) is 1. The molecular formula is C22H23ClN6O2. The van der Waals surface area contributed by atoms with Crippen LogP contribution < -0.4 is 5.32 Å². The Morgan fingerprint density at radius 1 is 1.06 bits per heavy atom. The molecule has 4 rings (SSSR count). The highest BCUT2D eigenvalue weighted by atomic mass is 35.5. The molecule has 9 heteroatoms. The zero-order valence-electron chi connectivity index (χ0n) is 17.4. The summed E-state index contributed by atoms with van der Waals surface area (Å²) in [6.45, 7) is 4.70. The summed E-state index contributed by atoms with van der Waals surface area (Å²) in [6.07, 6.45) is 2.88. The summed E-state index contributed by atoms with van der Waals surface area (Å²) >= 11 is 5.94. The molecule has 2 amide bonds. The van der Waals surface area contributed by atoms with Crippen LogP contribution >= 0.6 is 11.6 Å². The molecule has 3 aromatic rings. The summed E-state index contributed by atoms with van der Waals surface area (Å²) in [5.74, 6) is 0.860. The quantitative estimate of drug-likeness (QED) is 0.673. The van der Waals surface area contributed by atoms with Crippen LogP contribution in [-0.2, 0) is 4.79 Å². The Bertz CT molecular complexity index is 1090. The van der Waals surface area contributed by atoms with Gasteiger partial charge >= 0.3 is 0 Å². The Kier molecular flexibility index (Phi) is 5.99. The second-order valence-corrected chi connectivity index (χ2v) is 8.08. The largest absolute Gasteiger partial charge is 0.336 e. The lowest BCUT2D eigenvalue weighted by Gasteiger charge is -2.30. The minimum Gasteiger partial charge on any atom is -0.336 e. The van der Waals surface area contributed by atoms with Gasteiger partial charge in [-0.1, -0.05) is 17.7 Å². The van der Waals surface area contributed by atoms with E-state index < -0.39 is 0 Å². The van der Waals surface area contributed by atoms with Gasteiger partial charge in [-0.05, 0) is 62.6 Å². The summed E-state index contributed by atoms with van der Waals surface area (Å²) in [5, 5.41) is 7.87. The van der Waals surface area contributed by atoms with E-state index >= 15 is 0 Å². The number of aryl methyl sites for hydroxylation is 2. The number of hydrogen-bond donors (Lipinski definition) is 1. The Morgan fingerprint density at radius 2 is 1.77 bits per heavy atom. The zero-order valence-corrected chi connectivity index (χ0v) is 18.1. The van der Waals surface area contributed by atoms with Crippen molar-refractivity contribution in [3.05, 3.63) is 64.8 Å². The summed E-state index contributed by atoms with van der Waals surface area (Å²) < 4.78 is 1.62. The first-order valence-corrected chi connectivity index (χ1v) is 10.5. The fraction of sp³-hybridized carbons (Fsp3) is 0.318. The van der Waals surface area contributed by atoms with Crippen molar-refractivity contribution in [2.75, 3.05) is 18.4 Å². The van der Waals surface area contributed by atoms with Crippen molar-refractivity contribution in [1.29, 1.82) is 0 Å². The van der Waals surface area contributed by atoms with Crippen LogP contribution in [0.5, 0.6) is 0 Å². The van der Waals surface area contributed by atoms with E-state index in [4.69, 9.17) is 11.6 Å². The topological polar surface area (TPSA) is 93.0 Å². The number of nitrogens with one attached hydrogen (secondary N) is 1. The maximum absolute atomic E-state index is 12.9. The number of piperidine rings is 1. The first-order chi connectivity index (χ1) is 14.9. The molecule has 0 aliphatic carbocycles. The highest BCUT2D eigenvalue weighted by Gasteiger charge is 2.30. The third-order valence-corrected chi connectivity index (χ3v) is 5.60. The maximum atomic E-state index is 12.9. The zero-order chi connectivity index (χ0) is 22.0. The van der Waals surface area contributed by atoms with Crippen molar-refractivity contribution in [2.45, 2.75) is 26.7 Å². The second-order valence-electron chi connectivity index (χ2n) is 7.65. The average Bonchev–Trinajstić information content (AvgIpc) is 3.17. The standard InChI is InChI=1S/C22H23ClN6O2/c1-14-3-8-19(24-13-14)26-21(30)16-9-11-28(12-10-16)22(31)20-25-15(2)29(27-20)18-6-4-17(23)5-7-18/h3-8,13,16H,9-12H2,1-2H3,(H,24,26,30). The smallest absolute Gasteiger partial charge is 0.293 e. The van der Waals surface area contributed by atoms with Gasteiger partial charge in [-0.15, -0.1) is 5.10 Å². The van der Waals surface area contributed by atoms with Crippen LogP contribution in [0.3, 0.4) is 0 Å². The van der Waals surface area contributed by atoms with Gasteiger partial charge in [-0.3, -0.25) is 9.59 Å². The van der Waals surface area contributed by atoms with Crippen LogP contribution in [0.15, 0.2) is 42.6 Å². The van der Waals surface area contributed by atoms with Crippen molar-refractivity contribution >= 4 is 29.2 Å². The van der Waals surface area contributed by atoms with Crippen LogP contribution in [0.1, 0.15) is 34.8 Å². The van der Waals surface area contributed by atoms with E-state index in [1.165, 1.54) is 0 Å². The minimum atomic E-state index is -0.227. The average molecular weight is 439 g/mol. The number of pyridine rings is 1. The molecule has 1 saturated heterocycles. The molecule has 0 unspecified atom stereocenters. The van der Waals surface area contributed by atoms with Gasteiger partial charge in [-0.25, -0.2) is 14.6 Å². The van der Waals surface area contributed by atoms with Gasteiger partial charge in [0, 0.05) is 30.2 Å². The van der Waals surface area contributed by atoms with Crippen LogP contribution in [0.25, 0.3) is 5.69 Å². The summed E-state index contributed by atoms with van der Waals surface area (Å²) in [7, 11) is 0. The first kappa shape index (κ1) is 21.0. The molecule has 1 N–H and O–H groups in total. The number of rotatable bonds is 4. The number of halogens is 1. The highest BCUT2D eigenvalue weighted by molar-refractivity contribution is 6.30. The molecule has 1 fully saturated rings. The van der Waals surface area contributed by atoms with E-state index in [1.54, 1.807) is 40.9 Å². The molecular weight excluding hydrogens is 416 g/mol. The van der Waals surface area contributed by atoms with Crippen molar-refractivity contribution in [1.82, 2.24) is 24.6 Å². The number of nitrogens with zero attached hydrogens (tertiary/aromatic N) is 5. The first-order valence-electron chi connectivity index (χ1n) is 10.1. The second kappa shape index (κ2) is 8.85. The molecule has 0 bridgehead atoms. The predicted octanol–water partition coefficient (Wildman–Crippen LogP) is 3.42. The van der Waals surface area contributed by atoms with E-state index in [0.29, 0.717) is 42.6 Å². The highest BCUT2D eigenvalue weighted by Crippen LogP contribution is 2.21. The molecule has 0 spiro atoms. The number of carbonyl (C=O) groups is 2. The molecule has 3 heterocycles. The molecule has 1 aliphatic heterocycles. The van der Waals surface area contributed by atoms with Crippen LogP contribution in [0, 0.1) is 19.8 Å². The summed E-state index contributed by atoms with van der Waals surface area (Å²) in [5.41, 5.74) is 1.82. The maximum Gasteiger partial charge on any atom is 0.293 e. The number of amides is 2. The van der Waals surface area contributed by atoms with Gasteiger partial charge in [0.05, 0.1) is 5.69 Å². The van der Waals surface area contributed by atoms with Gasteiger partial charge in [0.1, 0.15) is 11.6 Å². The molecule has 1 aliphatic rings. The number of carbonyl (C=O) groups excluding carboxylic acids is 2. The van der Waals surface area contributed by atoms with Gasteiger partial charge in [0.25, 0.3) is 5.91 Å². The van der Waals surface area contributed by atoms with Crippen LogP contribution in [0.2, 0.25) is 5.02 Å². The molecule has 0 saturated carbocycles. The fourth-order valence-electron chi connectivity index (χ4n) is 3.56. The van der Waals surface area contributed by atoms with Gasteiger partial charge in [-0.2, -0.15) is 0 Å². The lowest BCUT2D eigenvalue weighted by Crippen LogP contribution is -2.42. The lowest BCUT2D eigenvalue weighted by atomic mass is 9.96. The Morgan fingerprint density at radius 3 is 2.42 bits per heavy atom. The SMILES string of the molecule is Cc1ccc(NC(=O)C2CCN(C(=O)c3nc(C)n(-c4ccc(Cl)cc4)n3)CC2)nc1. The van der Waals surface area contributed by atoms with Gasteiger partial charge in [0.15, 0.2) is 0 Å². The molecule has 0 atom stereocenters. The third-order valence-electron chi connectivity index (χ3n) is 5.35. The molecule has 31 heavy (non-hydrogen) atoms. The number of anilines is 1. The molecule has 2 aromatic heterocycles. The van der Waals surface area contributed by atoms with E-state index in [2.05, 4.69) is 20.4 Å². The number of benzene rings is 1. The number of hydrogen-bond acceptors (Lipinski definition) is 5. The van der Waals surface area contributed by atoms with Crippen LogP contribution in [0.4, 0.5) is 5.82 Å².